The summed E-state index contributed by atoms with van der Waals surface area (Å²) in [5.74, 6) is 0. The summed E-state index contributed by atoms with van der Waals surface area (Å²) >= 11 is 1.97. The Labute approximate surface area is 113 Å². The summed E-state index contributed by atoms with van der Waals surface area (Å²) in [5.41, 5.74) is 8.22. The monoisotopic (exact) mass is 261 g/mol. The van der Waals surface area contributed by atoms with Gasteiger partial charge in [-0.05, 0) is 50.1 Å². The lowest BCUT2D eigenvalue weighted by Gasteiger charge is -2.29. The maximum absolute atomic E-state index is 8.90. The molecular weight excluding hydrogens is 242 g/mol. The Hall–Kier alpha value is -1.34. The fourth-order valence-electron chi connectivity index (χ4n) is 2.41. The molecule has 0 aliphatic heterocycles. The average molecular weight is 261 g/mol. The Morgan fingerprint density at radius 1 is 1.33 bits per heavy atom. The zero-order valence-corrected chi connectivity index (χ0v) is 11.5. The molecule has 3 nitrogen and oxygen atoms in total. The van der Waals surface area contributed by atoms with Crippen LogP contribution < -0.4 is 11.1 Å². The van der Waals surface area contributed by atoms with Crippen molar-refractivity contribution in [2.45, 2.75) is 37.0 Å². The topological polar surface area (TPSA) is 61.8 Å². The first-order valence-electron chi connectivity index (χ1n) is 6.32. The Morgan fingerprint density at radius 3 is 2.67 bits per heavy atom. The van der Waals surface area contributed by atoms with Gasteiger partial charge in [-0.2, -0.15) is 17.0 Å². The van der Waals surface area contributed by atoms with E-state index in [2.05, 4.69) is 17.6 Å². The lowest BCUT2D eigenvalue weighted by molar-refractivity contribution is 0.473. The van der Waals surface area contributed by atoms with Gasteiger partial charge in [-0.25, -0.2) is 0 Å². The smallest absolute Gasteiger partial charge is 0.0992 e. The molecule has 18 heavy (non-hydrogen) atoms. The van der Waals surface area contributed by atoms with E-state index in [0.29, 0.717) is 11.6 Å². The van der Waals surface area contributed by atoms with Gasteiger partial charge in [-0.3, -0.25) is 0 Å². The average Bonchev–Trinajstić information content (AvgIpc) is 2.42. The number of nitriles is 1. The number of nitrogens with two attached hydrogens (primary N) is 1. The fourth-order valence-corrected chi connectivity index (χ4v) is 3.16. The Bertz CT molecular complexity index is 445. The number of hydrogen-bond donors (Lipinski definition) is 2. The number of thioether (sulfide) groups is 1. The summed E-state index contributed by atoms with van der Waals surface area (Å²) < 4.78 is 0. The fraction of sp³-hybridized carbons (Fsp3) is 0.500. The molecular formula is C14H19N3S. The van der Waals surface area contributed by atoms with Crippen LogP contribution in [0, 0.1) is 11.3 Å². The zero-order valence-electron chi connectivity index (χ0n) is 10.6. The van der Waals surface area contributed by atoms with E-state index in [1.165, 1.54) is 25.7 Å². The molecule has 96 valence electrons. The van der Waals surface area contributed by atoms with E-state index in [-0.39, 0.29) is 0 Å². The van der Waals surface area contributed by atoms with Crippen LogP contribution in [0.25, 0.3) is 0 Å². The number of hydrogen-bond acceptors (Lipinski definition) is 4. The molecule has 0 saturated heterocycles. The van der Waals surface area contributed by atoms with Crippen molar-refractivity contribution in [3.8, 4) is 6.07 Å². The number of nitrogens with one attached hydrogen (secondary N) is 1. The van der Waals surface area contributed by atoms with E-state index < -0.39 is 0 Å². The summed E-state index contributed by atoms with van der Waals surface area (Å²) in [6.07, 6.45) is 7.07. The van der Waals surface area contributed by atoms with Gasteiger partial charge >= 0.3 is 0 Å². The number of rotatable bonds is 3. The maximum Gasteiger partial charge on any atom is 0.0992 e. The van der Waals surface area contributed by atoms with Gasteiger partial charge in [0.05, 0.1) is 23.0 Å². The highest BCUT2D eigenvalue weighted by Crippen LogP contribution is 2.30. The molecule has 0 unspecified atom stereocenters. The summed E-state index contributed by atoms with van der Waals surface area (Å²) in [7, 11) is 0. The Morgan fingerprint density at radius 2 is 2.06 bits per heavy atom. The minimum Gasteiger partial charge on any atom is -0.397 e. The Balaban J connectivity index is 2.00. The lowest BCUT2D eigenvalue weighted by atomic mass is 9.94. The quantitative estimate of drug-likeness (QED) is 0.820. The van der Waals surface area contributed by atoms with Crippen molar-refractivity contribution in [2.24, 2.45) is 0 Å². The molecule has 0 aromatic heterocycles. The van der Waals surface area contributed by atoms with Gasteiger partial charge in [0, 0.05) is 11.3 Å². The highest BCUT2D eigenvalue weighted by molar-refractivity contribution is 7.99. The third-order valence-electron chi connectivity index (χ3n) is 3.55. The first-order chi connectivity index (χ1) is 8.72. The van der Waals surface area contributed by atoms with Crippen LogP contribution in [-0.2, 0) is 0 Å². The minimum atomic E-state index is 0.490. The highest BCUT2D eigenvalue weighted by Gasteiger charge is 2.20. The summed E-state index contributed by atoms with van der Waals surface area (Å²) in [5, 5.41) is 13.2. The van der Waals surface area contributed by atoms with Crippen molar-refractivity contribution in [3.63, 3.8) is 0 Å². The zero-order chi connectivity index (χ0) is 13.0. The van der Waals surface area contributed by atoms with Gasteiger partial charge < -0.3 is 11.1 Å². The van der Waals surface area contributed by atoms with Crippen molar-refractivity contribution in [1.29, 1.82) is 5.26 Å². The summed E-state index contributed by atoms with van der Waals surface area (Å²) in [6.45, 7) is 0. The van der Waals surface area contributed by atoms with Gasteiger partial charge in [-0.1, -0.05) is 0 Å². The van der Waals surface area contributed by atoms with E-state index in [4.69, 9.17) is 11.0 Å². The predicted molar refractivity (Wildman–Crippen MR) is 78.8 cm³/mol. The molecule has 1 aromatic carbocycles. The van der Waals surface area contributed by atoms with Crippen LogP contribution in [-0.4, -0.2) is 17.5 Å². The van der Waals surface area contributed by atoms with Crippen LogP contribution >= 0.6 is 11.8 Å². The minimum absolute atomic E-state index is 0.490. The van der Waals surface area contributed by atoms with E-state index in [9.17, 15) is 0 Å². The number of anilines is 2. The first-order valence-corrected chi connectivity index (χ1v) is 7.60. The van der Waals surface area contributed by atoms with Crippen molar-refractivity contribution in [2.75, 3.05) is 17.3 Å². The molecule has 0 heterocycles. The van der Waals surface area contributed by atoms with Gasteiger partial charge in [0.15, 0.2) is 0 Å². The molecule has 1 aliphatic rings. The second-order valence-corrected chi connectivity index (χ2v) is 5.91. The third-order valence-corrected chi connectivity index (χ3v) is 4.69. The first kappa shape index (κ1) is 13.1. The second-order valence-electron chi connectivity index (χ2n) is 4.77. The van der Waals surface area contributed by atoms with Gasteiger partial charge in [-0.15, -0.1) is 0 Å². The van der Waals surface area contributed by atoms with Crippen molar-refractivity contribution >= 4 is 23.1 Å². The molecule has 3 N–H and O–H groups in total. The molecule has 0 spiro atoms. The third kappa shape index (κ3) is 3.11. The van der Waals surface area contributed by atoms with E-state index in [1.54, 1.807) is 12.1 Å². The molecule has 1 saturated carbocycles. The van der Waals surface area contributed by atoms with Gasteiger partial charge in [0.1, 0.15) is 0 Å². The van der Waals surface area contributed by atoms with Crippen molar-refractivity contribution in [3.05, 3.63) is 23.8 Å². The van der Waals surface area contributed by atoms with Gasteiger partial charge in [0.25, 0.3) is 0 Å². The largest absolute Gasteiger partial charge is 0.397 e. The molecule has 0 radical (unpaired) electrons. The molecule has 0 amide bonds. The van der Waals surface area contributed by atoms with Crippen molar-refractivity contribution in [1.82, 2.24) is 0 Å². The maximum atomic E-state index is 8.90. The van der Waals surface area contributed by atoms with E-state index in [1.807, 2.05) is 17.8 Å². The normalized spacial score (nSPS) is 23.3. The standard InChI is InChI=1S/C14H19N3S/c1-18-12-5-3-11(4-6-12)17-14-8-10(9-15)2-7-13(14)16/h2,7-8,11-12,17H,3-6,16H2,1H3. The SMILES string of the molecule is CSC1CCC(Nc2cc(C#N)ccc2N)CC1. The number of nitrogens with zero attached hydrogens (tertiary/aromatic N) is 1. The van der Waals surface area contributed by atoms with E-state index >= 15 is 0 Å². The van der Waals surface area contributed by atoms with Crippen LogP contribution in [0.4, 0.5) is 11.4 Å². The van der Waals surface area contributed by atoms with E-state index in [0.717, 1.165) is 16.6 Å². The highest BCUT2D eigenvalue weighted by atomic mass is 32.2. The molecule has 1 aromatic rings. The predicted octanol–water partition coefficient (Wildman–Crippen LogP) is 3.23. The molecule has 2 rings (SSSR count). The molecule has 0 bridgehead atoms. The molecule has 1 fully saturated rings. The number of nitrogen functional groups attached to an aromatic ring is 1. The lowest BCUT2D eigenvalue weighted by Crippen LogP contribution is -2.27. The summed E-state index contributed by atoms with van der Waals surface area (Å²) in [4.78, 5) is 0. The van der Waals surface area contributed by atoms with Gasteiger partial charge in [0.2, 0.25) is 0 Å². The van der Waals surface area contributed by atoms with Crippen LogP contribution in [0.2, 0.25) is 0 Å². The summed E-state index contributed by atoms with van der Waals surface area (Å²) in [6, 6.07) is 8.04. The van der Waals surface area contributed by atoms with Crippen LogP contribution in [0.3, 0.4) is 0 Å². The van der Waals surface area contributed by atoms with Crippen LogP contribution in [0.5, 0.6) is 0 Å². The Kier molecular flexibility index (Phi) is 4.38. The molecule has 4 heteroatoms. The van der Waals surface area contributed by atoms with Crippen LogP contribution in [0.1, 0.15) is 31.2 Å². The second kappa shape index (κ2) is 6.01. The number of benzene rings is 1. The molecule has 1 aliphatic carbocycles. The van der Waals surface area contributed by atoms with Crippen molar-refractivity contribution < 1.29 is 0 Å². The molecule has 0 atom stereocenters. The van der Waals surface area contributed by atoms with Crippen LogP contribution in [0.15, 0.2) is 18.2 Å².